The zero-order chi connectivity index (χ0) is 18.1. The summed E-state index contributed by atoms with van der Waals surface area (Å²) in [5.74, 6) is 1.86. The van der Waals surface area contributed by atoms with Crippen LogP contribution in [0.1, 0.15) is 24.1 Å². The van der Waals surface area contributed by atoms with Crippen LogP contribution in [-0.4, -0.2) is 42.7 Å². The van der Waals surface area contributed by atoms with E-state index in [1.54, 1.807) is 0 Å². The molecule has 1 aromatic carbocycles. The van der Waals surface area contributed by atoms with Gasteiger partial charge in [-0.05, 0) is 44.0 Å². The van der Waals surface area contributed by atoms with Crippen molar-refractivity contribution in [3.05, 3.63) is 53.9 Å². The molecule has 0 bridgehead atoms. The lowest BCUT2D eigenvalue weighted by Gasteiger charge is -2.22. The van der Waals surface area contributed by atoms with Crippen LogP contribution in [0.4, 0.5) is 0 Å². The molecule has 26 heavy (non-hydrogen) atoms. The molecule has 2 aromatic rings. The molecule has 0 saturated carbocycles. The second-order valence-corrected chi connectivity index (χ2v) is 6.31. The summed E-state index contributed by atoms with van der Waals surface area (Å²) in [5.41, 5.74) is 2.51. The summed E-state index contributed by atoms with van der Waals surface area (Å²) in [6.45, 7) is 4.54. The van der Waals surface area contributed by atoms with E-state index in [1.165, 1.54) is 11.3 Å². The summed E-state index contributed by atoms with van der Waals surface area (Å²) in [7, 11) is 5.95. The minimum Gasteiger partial charge on any atom is -0.494 e. The Hall–Kier alpha value is -1.70. The second kappa shape index (κ2) is 11.8. The van der Waals surface area contributed by atoms with E-state index >= 15 is 0 Å². The fourth-order valence-electron chi connectivity index (χ4n) is 2.62. The molecular formula is C20H31IN4O. The standard InChI is InChI=1S/C20H30N4O.HI/c1-17-9-11-19(12-10-17)25-15-6-5-13-22-20(21-2)24(4)16-18-8-7-14-23(18)3;/h7-12,14H,5-6,13,15-16H2,1-4H3,(H,21,22);1H. The van der Waals surface area contributed by atoms with E-state index < -0.39 is 0 Å². The summed E-state index contributed by atoms with van der Waals surface area (Å²) < 4.78 is 7.89. The first kappa shape index (κ1) is 22.3. The molecule has 1 heterocycles. The summed E-state index contributed by atoms with van der Waals surface area (Å²) in [6.07, 6.45) is 4.12. The lowest BCUT2D eigenvalue weighted by molar-refractivity contribution is 0.306. The molecule has 0 aliphatic rings. The van der Waals surface area contributed by atoms with E-state index in [2.05, 4.69) is 71.3 Å². The third-order valence-electron chi connectivity index (χ3n) is 4.17. The van der Waals surface area contributed by atoms with E-state index in [0.717, 1.165) is 44.2 Å². The predicted octanol–water partition coefficient (Wildman–Crippen LogP) is 3.82. The number of aliphatic imine (C=N–C) groups is 1. The van der Waals surface area contributed by atoms with Crippen molar-refractivity contribution < 1.29 is 4.74 Å². The highest BCUT2D eigenvalue weighted by atomic mass is 127. The molecule has 144 valence electrons. The van der Waals surface area contributed by atoms with E-state index in [1.807, 2.05) is 19.2 Å². The Morgan fingerprint density at radius 3 is 2.54 bits per heavy atom. The average molecular weight is 470 g/mol. The monoisotopic (exact) mass is 470 g/mol. The van der Waals surface area contributed by atoms with Crippen molar-refractivity contribution in [3.63, 3.8) is 0 Å². The molecule has 0 unspecified atom stereocenters. The number of ether oxygens (including phenoxy) is 1. The van der Waals surface area contributed by atoms with Gasteiger partial charge in [-0.15, -0.1) is 24.0 Å². The number of hydrogen-bond acceptors (Lipinski definition) is 2. The van der Waals surface area contributed by atoms with Crippen molar-refractivity contribution in [2.75, 3.05) is 27.2 Å². The van der Waals surface area contributed by atoms with Crippen LogP contribution in [0.5, 0.6) is 5.75 Å². The number of hydrogen-bond donors (Lipinski definition) is 1. The third kappa shape index (κ3) is 7.27. The average Bonchev–Trinajstić information content (AvgIpc) is 3.00. The maximum atomic E-state index is 5.75. The Morgan fingerprint density at radius 2 is 1.92 bits per heavy atom. The lowest BCUT2D eigenvalue weighted by atomic mass is 10.2. The third-order valence-corrected chi connectivity index (χ3v) is 4.17. The Labute approximate surface area is 174 Å². The van der Waals surface area contributed by atoms with Gasteiger partial charge in [-0.25, -0.2) is 0 Å². The van der Waals surface area contributed by atoms with Gasteiger partial charge in [0.15, 0.2) is 5.96 Å². The van der Waals surface area contributed by atoms with Gasteiger partial charge in [0, 0.05) is 39.6 Å². The number of halogens is 1. The molecule has 0 aliphatic heterocycles. The van der Waals surface area contributed by atoms with Gasteiger partial charge in [0.2, 0.25) is 0 Å². The number of nitrogens with one attached hydrogen (secondary N) is 1. The molecule has 0 saturated heterocycles. The van der Waals surface area contributed by atoms with Crippen molar-refractivity contribution in [1.29, 1.82) is 0 Å². The molecule has 2 rings (SSSR count). The van der Waals surface area contributed by atoms with Gasteiger partial charge in [0.05, 0.1) is 13.2 Å². The highest BCUT2D eigenvalue weighted by molar-refractivity contribution is 14.0. The molecule has 1 N–H and O–H groups in total. The van der Waals surface area contributed by atoms with E-state index in [9.17, 15) is 0 Å². The van der Waals surface area contributed by atoms with Crippen LogP contribution in [0.15, 0.2) is 47.6 Å². The van der Waals surface area contributed by atoms with Crippen LogP contribution in [-0.2, 0) is 13.6 Å². The topological polar surface area (TPSA) is 41.8 Å². The predicted molar refractivity (Wildman–Crippen MR) is 120 cm³/mol. The first-order chi connectivity index (χ1) is 12.1. The van der Waals surface area contributed by atoms with Crippen LogP contribution in [0.2, 0.25) is 0 Å². The summed E-state index contributed by atoms with van der Waals surface area (Å²) >= 11 is 0. The maximum absolute atomic E-state index is 5.75. The Morgan fingerprint density at radius 1 is 1.19 bits per heavy atom. The van der Waals surface area contributed by atoms with Crippen LogP contribution in [0.25, 0.3) is 0 Å². The highest BCUT2D eigenvalue weighted by Gasteiger charge is 2.07. The normalized spacial score (nSPS) is 11.0. The fourth-order valence-corrected chi connectivity index (χ4v) is 2.62. The van der Waals surface area contributed by atoms with Gasteiger partial charge in [-0.1, -0.05) is 17.7 Å². The molecule has 5 nitrogen and oxygen atoms in total. The number of rotatable bonds is 8. The first-order valence-corrected chi connectivity index (χ1v) is 8.81. The lowest BCUT2D eigenvalue weighted by Crippen LogP contribution is -2.39. The van der Waals surface area contributed by atoms with Gasteiger partial charge in [0.1, 0.15) is 5.75 Å². The van der Waals surface area contributed by atoms with Crippen molar-refractivity contribution in [2.45, 2.75) is 26.3 Å². The van der Waals surface area contributed by atoms with Crippen molar-refractivity contribution >= 4 is 29.9 Å². The number of nitrogens with zero attached hydrogens (tertiary/aromatic N) is 3. The zero-order valence-corrected chi connectivity index (χ0v) is 18.6. The molecular weight excluding hydrogens is 439 g/mol. The van der Waals surface area contributed by atoms with Gasteiger partial charge >= 0.3 is 0 Å². The molecule has 0 amide bonds. The number of aryl methyl sites for hydroxylation is 2. The summed E-state index contributed by atoms with van der Waals surface area (Å²) in [5, 5.41) is 3.42. The molecule has 0 spiro atoms. The van der Waals surface area contributed by atoms with Crippen LogP contribution >= 0.6 is 24.0 Å². The summed E-state index contributed by atoms with van der Waals surface area (Å²) in [6, 6.07) is 12.4. The van der Waals surface area contributed by atoms with Crippen molar-refractivity contribution in [2.24, 2.45) is 12.0 Å². The zero-order valence-electron chi connectivity index (χ0n) is 16.2. The van der Waals surface area contributed by atoms with Crippen LogP contribution in [0, 0.1) is 6.92 Å². The summed E-state index contributed by atoms with van der Waals surface area (Å²) in [4.78, 5) is 6.50. The van der Waals surface area contributed by atoms with Crippen LogP contribution in [0.3, 0.4) is 0 Å². The fraction of sp³-hybridized carbons (Fsp3) is 0.450. The number of unbranched alkanes of at least 4 members (excludes halogenated alkanes) is 1. The molecule has 0 fully saturated rings. The Bertz CT molecular complexity index is 667. The quantitative estimate of drug-likeness (QED) is 0.276. The van der Waals surface area contributed by atoms with Gasteiger partial charge in [-0.2, -0.15) is 0 Å². The molecule has 1 aromatic heterocycles. The van der Waals surface area contributed by atoms with E-state index in [-0.39, 0.29) is 24.0 Å². The van der Waals surface area contributed by atoms with Crippen molar-refractivity contribution in [1.82, 2.24) is 14.8 Å². The number of guanidine groups is 1. The van der Waals surface area contributed by atoms with Crippen molar-refractivity contribution in [3.8, 4) is 5.75 Å². The minimum absolute atomic E-state index is 0. The second-order valence-electron chi connectivity index (χ2n) is 6.31. The first-order valence-electron chi connectivity index (χ1n) is 8.81. The maximum Gasteiger partial charge on any atom is 0.193 e. The number of benzene rings is 1. The van der Waals surface area contributed by atoms with Gasteiger partial charge in [0.25, 0.3) is 0 Å². The van der Waals surface area contributed by atoms with E-state index in [0.29, 0.717) is 0 Å². The smallest absolute Gasteiger partial charge is 0.193 e. The van der Waals surface area contributed by atoms with Crippen LogP contribution < -0.4 is 10.1 Å². The minimum atomic E-state index is 0. The van der Waals surface area contributed by atoms with Gasteiger partial charge < -0.3 is 19.5 Å². The molecule has 0 radical (unpaired) electrons. The largest absolute Gasteiger partial charge is 0.494 e. The Balaban J connectivity index is 0.00000338. The molecule has 6 heteroatoms. The SMILES string of the molecule is CN=C(NCCCCOc1ccc(C)cc1)N(C)Cc1cccn1C.I. The van der Waals surface area contributed by atoms with E-state index in [4.69, 9.17) is 4.74 Å². The molecule has 0 atom stereocenters. The highest BCUT2D eigenvalue weighted by Crippen LogP contribution is 2.11. The van der Waals surface area contributed by atoms with Gasteiger partial charge in [-0.3, -0.25) is 4.99 Å². The molecule has 0 aliphatic carbocycles. The number of aromatic nitrogens is 1. The Kier molecular flexibility index (Phi) is 10.2.